The molecule has 1 N–H and O–H groups in total. The van der Waals surface area contributed by atoms with E-state index in [9.17, 15) is 9.59 Å². The summed E-state index contributed by atoms with van der Waals surface area (Å²) in [6.45, 7) is 4.44. The van der Waals surface area contributed by atoms with Gasteiger partial charge in [-0.15, -0.1) is 0 Å². The van der Waals surface area contributed by atoms with E-state index in [4.69, 9.17) is 9.84 Å². The van der Waals surface area contributed by atoms with Gasteiger partial charge in [0, 0.05) is 12.8 Å². The molecule has 0 aliphatic rings. The molecule has 0 saturated carbocycles. The SMILES string of the molecule is CCCCCC/C=C\C/C=C\CCCCCCCCCC(=O)OC(CCCCC)CCCCCC(=O)O. The maximum absolute atomic E-state index is 12.3. The molecule has 37 heavy (non-hydrogen) atoms. The number of carboxylic acids is 1. The van der Waals surface area contributed by atoms with Crippen molar-refractivity contribution in [3.05, 3.63) is 24.3 Å². The molecule has 0 rings (SSSR count). The normalized spacial score (nSPS) is 12.5. The number of hydrogen-bond acceptors (Lipinski definition) is 3. The molecule has 0 fully saturated rings. The van der Waals surface area contributed by atoms with Gasteiger partial charge in [0.25, 0.3) is 0 Å². The predicted octanol–water partition coefficient (Wildman–Crippen LogP) is 10.5. The average molecular weight is 521 g/mol. The minimum atomic E-state index is -0.731. The van der Waals surface area contributed by atoms with Crippen LogP contribution in [0.3, 0.4) is 0 Å². The van der Waals surface area contributed by atoms with Crippen molar-refractivity contribution in [3.8, 4) is 0 Å². The summed E-state index contributed by atoms with van der Waals surface area (Å²) < 4.78 is 5.79. The Hall–Kier alpha value is -1.58. The Labute approximate surface area is 229 Å². The Balaban J connectivity index is 3.69. The molecule has 1 unspecified atom stereocenters. The van der Waals surface area contributed by atoms with Crippen LogP contribution in [0.15, 0.2) is 24.3 Å². The minimum Gasteiger partial charge on any atom is -0.481 e. The lowest BCUT2D eigenvalue weighted by Crippen LogP contribution is -2.18. The van der Waals surface area contributed by atoms with Gasteiger partial charge in [0.1, 0.15) is 6.10 Å². The number of carbonyl (C=O) groups excluding carboxylic acids is 1. The number of ether oxygens (including phenoxy) is 1. The molecule has 0 aromatic carbocycles. The molecule has 0 aromatic rings. The lowest BCUT2D eigenvalue weighted by Gasteiger charge is -2.18. The van der Waals surface area contributed by atoms with Crippen molar-refractivity contribution in [2.24, 2.45) is 0 Å². The van der Waals surface area contributed by atoms with E-state index < -0.39 is 5.97 Å². The van der Waals surface area contributed by atoms with E-state index in [0.717, 1.165) is 57.8 Å². The number of aliphatic carboxylic acids is 1. The highest BCUT2D eigenvalue weighted by molar-refractivity contribution is 5.69. The molecule has 0 amide bonds. The second-order valence-electron chi connectivity index (χ2n) is 10.6. The standard InChI is InChI=1S/C33H60O4/c1-3-5-7-8-9-10-11-12-13-14-15-16-17-18-19-20-21-26-30-33(36)37-31(27-23-6-4-2)28-24-22-25-29-32(34)35/h10-11,13-14,31H,3-9,12,15-30H2,1-2H3,(H,34,35)/b11-10-,14-13-. The number of hydrogen-bond donors (Lipinski definition) is 1. The third kappa shape index (κ3) is 28.8. The first kappa shape index (κ1) is 35.4. The van der Waals surface area contributed by atoms with Crippen molar-refractivity contribution >= 4 is 11.9 Å². The highest BCUT2D eigenvalue weighted by Gasteiger charge is 2.14. The fraction of sp³-hybridized carbons (Fsp3) is 0.818. The first-order valence-corrected chi connectivity index (χ1v) is 15.8. The number of carbonyl (C=O) groups is 2. The molecule has 4 nitrogen and oxygen atoms in total. The summed E-state index contributed by atoms with van der Waals surface area (Å²) in [7, 11) is 0. The molecule has 0 aromatic heterocycles. The van der Waals surface area contributed by atoms with Crippen LogP contribution < -0.4 is 0 Å². The fourth-order valence-electron chi connectivity index (χ4n) is 4.57. The molecule has 216 valence electrons. The van der Waals surface area contributed by atoms with Gasteiger partial charge in [-0.2, -0.15) is 0 Å². The van der Waals surface area contributed by atoms with E-state index in [1.54, 1.807) is 0 Å². The highest BCUT2D eigenvalue weighted by atomic mass is 16.5. The number of esters is 1. The van der Waals surface area contributed by atoms with Crippen molar-refractivity contribution in [3.63, 3.8) is 0 Å². The second-order valence-corrected chi connectivity index (χ2v) is 10.6. The number of rotatable bonds is 28. The maximum atomic E-state index is 12.3. The van der Waals surface area contributed by atoms with Crippen LogP contribution in [0.25, 0.3) is 0 Å². The van der Waals surface area contributed by atoms with Crippen molar-refractivity contribution in [1.29, 1.82) is 0 Å². The van der Waals surface area contributed by atoms with Gasteiger partial charge in [0.2, 0.25) is 0 Å². The first-order chi connectivity index (χ1) is 18.1. The second kappa shape index (κ2) is 29.0. The maximum Gasteiger partial charge on any atom is 0.306 e. The lowest BCUT2D eigenvalue weighted by atomic mass is 10.0. The summed E-state index contributed by atoms with van der Waals surface area (Å²) in [5.74, 6) is -0.782. The van der Waals surface area contributed by atoms with Gasteiger partial charge in [0.05, 0.1) is 0 Å². The molecule has 0 aliphatic carbocycles. The molecule has 0 aliphatic heterocycles. The van der Waals surface area contributed by atoms with Crippen LogP contribution in [0.2, 0.25) is 0 Å². The number of allylic oxidation sites excluding steroid dienone is 4. The predicted molar refractivity (Wildman–Crippen MR) is 158 cm³/mol. The van der Waals surface area contributed by atoms with Crippen LogP contribution in [0.4, 0.5) is 0 Å². The lowest BCUT2D eigenvalue weighted by molar-refractivity contribution is -0.150. The largest absolute Gasteiger partial charge is 0.481 e. The Bertz CT molecular complexity index is 567. The molecular weight excluding hydrogens is 460 g/mol. The molecule has 4 heteroatoms. The molecule has 0 spiro atoms. The van der Waals surface area contributed by atoms with E-state index in [1.807, 2.05) is 0 Å². The van der Waals surface area contributed by atoms with Crippen LogP contribution in [0.5, 0.6) is 0 Å². The zero-order valence-corrected chi connectivity index (χ0v) is 24.5. The summed E-state index contributed by atoms with van der Waals surface area (Å²) in [5.41, 5.74) is 0. The first-order valence-electron chi connectivity index (χ1n) is 15.8. The van der Waals surface area contributed by atoms with Gasteiger partial charge in [-0.05, 0) is 70.6 Å². The summed E-state index contributed by atoms with van der Waals surface area (Å²) in [6, 6.07) is 0. The molecule has 0 heterocycles. The number of carboxylic acid groups (broad SMARTS) is 1. The highest BCUT2D eigenvalue weighted by Crippen LogP contribution is 2.17. The molecule has 1 atom stereocenters. The van der Waals surface area contributed by atoms with Gasteiger partial charge in [-0.25, -0.2) is 0 Å². The fourth-order valence-corrected chi connectivity index (χ4v) is 4.57. The van der Waals surface area contributed by atoms with Crippen LogP contribution in [-0.2, 0) is 14.3 Å². The molecular formula is C33H60O4. The average Bonchev–Trinajstić information content (AvgIpc) is 2.87. The Morgan fingerprint density at radius 1 is 0.595 bits per heavy atom. The van der Waals surface area contributed by atoms with E-state index in [-0.39, 0.29) is 18.5 Å². The van der Waals surface area contributed by atoms with Crippen LogP contribution in [0.1, 0.15) is 168 Å². The van der Waals surface area contributed by atoms with Crippen LogP contribution in [-0.4, -0.2) is 23.1 Å². The Morgan fingerprint density at radius 3 is 1.65 bits per heavy atom. The van der Waals surface area contributed by atoms with Gasteiger partial charge >= 0.3 is 11.9 Å². The summed E-state index contributed by atoms with van der Waals surface area (Å²) in [5, 5.41) is 8.76. The van der Waals surface area contributed by atoms with Crippen molar-refractivity contribution in [2.45, 2.75) is 174 Å². The zero-order valence-electron chi connectivity index (χ0n) is 24.5. The Kier molecular flexibility index (Phi) is 27.7. The topological polar surface area (TPSA) is 63.6 Å². The van der Waals surface area contributed by atoms with E-state index in [1.165, 1.54) is 77.0 Å². The Morgan fingerprint density at radius 2 is 1.05 bits per heavy atom. The van der Waals surface area contributed by atoms with Gasteiger partial charge < -0.3 is 9.84 Å². The van der Waals surface area contributed by atoms with Crippen molar-refractivity contribution in [2.75, 3.05) is 0 Å². The third-order valence-corrected chi connectivity index (χ3v) is 6.93. The van der Waals surface area contributed by atoms with Gasteiger partial charge in [-0.1, -0.05) is 109 Å². The summed E-state index contributed by atoms with van der Waals surface area (Å²) in [6.07, 6.45) is 35.0. The summed E-state index contributed by atoms with van der Waals surface area (Å²) in [4.78, 5) is 23.0. The molecule has 0 saturated heterocycles. The quantitative estimate of drug-likeness (QED) is 0.0633. The van der Waals surface area contributed by atoms with Crippen molar-refractivity contribution < 1.29 is 19.4 Å². The molecule has 0 radical (unpaired) electrons. The van der Waals surface area contributed by atoms with Gasteiger partial charge in [0.15, 0.2) is 0 Å². The van der Waals surface area contributed by atoms with Gasteiger partial charge in [-0.3, -0.25) is 9.59 Å². The van der Waals surface area contributed by atoms with E-state index >= 15 is 0 Å². The van der Waals surface area contributed by atoms with Crippen molar-refractivity contribution in [1.82, 2.24) is 0 Å². The van der Waals surface area contributed by atoms with Crippen LogP contribution >= 0.6 is 0 Å². The summed E-state index contributed by atoms with van der Waals surface area (Å²) >= 11 is 0. The van der Waals surface area contributed by atoms with E-state index in [2.05, 4.69) is 38.2 Å². The number of unbranched alkanes of at least 4 members (excludes halogenated alkanes) is 15. The third-order valence-electron chi connectivity index (χ3n) is 6.93. The molecule has 0 bridgehead atoms. The zero-order chi connectivity index (χ0) is 27.2. The minimum absolute atomic E-state index is 0.00417. The monoisotopic (exact) mass is 520 g/mol. The van der Waals surface area contributed by atoms with E-state index in [0.29, 0.717) is 12.8 Å². The van der Waals surface area contributed by atoms with Crippen LogP contribution in [0, 0.1) is 0 Å². The smallest absolute Gasteiger partial charge is 0.306 e.